The topological polar surface area (TPSA) is 134 Å². The monoisotopic (exact) mass is 769 g/mol. The SMILES string of the molecule is COc1nn(C)cc1C(=O)NS1(=O)=NC(=O)c2ccc3c(c2)N(C[C@@H]2CCO[C@H]2[C@H](OC)/C(F)=C/C[C@H](C)C1)C[C@@]1(CCCc2cc(Cl)ccc21)CO3. The van der Waals surface area contributed by atoms with Crippen molar-refractivity contribution >= 4 is 39.0 Å². The first-order valence-electron chi connectivity index (χ1n) is 17.9. The van der Waals surface area contributed by atoms with Crippen molar-refractivity contribution in [3.8, 4) is 11.6 Å². The van der Waals surface area contributed by atoms with Crippen LogP contribution in [-0.4, -0.2) is 84.3 Å². The van der Waals surface area contributed by atoms with Crippen LogP contribution in [0.4, 0.5) is 10.1 Å². The van der Waals surface area contributed by atoms with E-state index in [1.165, 1.54) is 42.3 Å². The summed E-state index contributed by atoms with van der Waals surface area (Å²) in [6, 6.07) is 11.1. The zero-order chi connectivity index (χ0) is 37.5. The molecule has 4 heterocycles. The number of methoxy groups -OCH3 is 2. The lowest BCUT2D eigenvalue weighted by molar-refractivity contribution is -0.0322. The summed E-state index contributed by atoms with van der Waals surface area (Å²) >= 11 is 6.44. The molecule has 15 heteroatoms. The average molecular weight is 770 g/mol. The number of hydrogen-bond donors (Lipinski definition) is 1. The molecule has 3 aliphatic heterocycles. The van der Waals surface area contributed by atoms with Crippen LogP contribution in [0.15, 0.2) is 58.9 Å². The van der Waals surface area contributed by atoms with Gasteiger partial charge in [-0.3, -0.25) is 19.0 Å². The molecule has 2 aromatic carbocycles. The molecule has 6 atom stereocenters. The van der Waals surface area contributed by atoms with Crippen LogP contribution in [0.5, 0.6) is 11.6 Å². The lowest BCUT2D eigenvalue weighted by Gasteiger charge is -2.42. The van der Waals surface area contributed by atoms with Gasteiger partial charge in [0, 0.05) is 62.0 Å². The third-order valence-electron chi connectivity index (χ3n) is 10.8. The van der Waals surface area contributed by atoms with Crippen LogP contribution >= 0.6 is 11.6 Å². The highest BCUT2D eigenvalue weighted by Gasteiger charge is 2.45. The summed E-state index contributed by atoms with van der Waals surface area (Å²) in [6.45, 7) is 3.64. The van der Waals surface area contributed by atoms with Crippen molar-refractivity contribution < 1.29 is 37.1 Å². The summed E-state index contributed by atoms with van der Waals surface area (Å²) < 4.78 is 62.6. The third kappa shape index (κ3) is 7.56. The van der Waals surface area contributed by atoms with E-state index in [1.54, 1.807) is 32.2 Å². The number of aryl methyl sites for hydroxylation is 2. The van der Waals surface area contributed by atoms with Gasteiger partial charge < -0.3 is 23.8 Å². The molecule has 12 nitrogen and oxygen atoms in total. The van der Waals surface area contributed by atoms with Crippen molar-refractivity contribution in [1.82, 2.24) is 14.5 Å². The fourth-order valence-electron chi connectivity index (χ4n) is 8.27. The minimum absolute atomic E-state index is 0.0240. The van der Waals surface area contributed by atoms with Crippen LogP contribution in [-0.2, 0) is 38.3 Å². The highest BCUT2D eigenvalue weighted by molar-refractivity contribution is 7.92. The maximum absolute atomic E-state index is 16.1. The van der Waals surface area contributed by atoms with E-state index in [0.717, 1.165) is 19.3 Å². The van der Waals surface area contributed by atoms with Gasteiger partial charge in [0.05, 0.1) is 31.3 Å². The van der Waals surface area contributed by atoms with Crippen LogP contribution in [0.2, 0.25) is 5.02 Å². The lowest BCUT2D eigenvalue weighted by atomic mass is 9.70. The third-order valence-corrected chi connectivity index (χ3v) is 13.0. The molecule has 1 fully saturated rings. The molecule has 1 spiro atoms. The lowest BCUT2D eigenvalue weighted by Crippen LogP contribution is -2.48. The van der Waals surface area contributed by atoms with Crippen LogP contribution in [0.1, 0.15) is 64.4 Å². The standard InChI is InChI=1S/C38H45ClFN5O7S/c1-23-7-11-30(40)34(49-3)33-26(13-15-51-33)18-45-21-38(14-5-6-24-16-27(39)9-10-29(24)38)22-52-32-12-8-25(17-31(32)45)35(46)42-53(48,20-23)43-36(47)28-19-44(2)41-37(28)50-4/h8-12,16-17,19,23,26,33-34H,5-7,13-15,18,20-22H2,1-4H3,(H,42,43,46,47,48)/b30-11-/t23-,26-,33+,34+,38-,53?/m0/s1. The smallest absolute Gasteiger partial charge is 0.286 e. The van der Waals surface area contributed by atoms with Gasteiger partial charge in [-0.2, -0.15) is 0 Å². The van der Waals surface area contributed by atoms with E-state index < -0.39 is 51.1 Å². The van der Waals surface area contributed by atoms with Gasteiger partial charge >= 0.3 is 0 Å². The van der Waals surface area contributed by atoms with E-state index in [9.17, 15) is 13.8 Å². The second-order valence-corrected chi connectivity index (χ2v) is 17.1. The van der Waals surface area contributed by atoms with E-state index in [4.69, 9.17) is 30.5 Å². The van der Waals surface area contributed by atoms with Crippen molar-refractivity contribution in [2.24, 2.45) is 23.2 Å². The predicted molar refractivity (Wildman–Crippen MR) is 199 cm³/mol. The number of benzene rings is 2. The van der Waals surface area contributed by atoms with E-state index in [1.807, 2.05) is 12.1 Å². The average Bonchev–Trinajstić information content (AvgIpc) is 3.71. The van der Waals surface area contributed by atoms with Crippen molar-refractivity contribution in [2.75, 3.05) is 51.2 Å². The molecular formula is C38H45ClFN5O7S. The fraction of sp³-hybridized carbons (Fsp3) is 0.500. The Morgan fingerprint density at radius 1 is 1.21 bits per heavy atom. The second-order valence-electron chi connectivity index (χ2n) is 14.6. The molecule has 7 rings (SSSR count). The number of nitrogens with zero attached hydrogens (tertiary/aromatic N) is 4. The summed E-state index contributed by atoms with van der Waals surface area (Å²) in [6.07, 6.45) is 4.87. The number of anilines is 1. The molecule has 1 N–H and O–H groups in total. The highest BCUT2D eigenvalue weighted by atomic mass is 35.5. The Morgan fingerprint density at radius 3 is 2.83 bits per heavy atom. The number of rotatable bonds is 4. The normalized spacial score (nSPS) is 29.9. The largest absolute Gasteiger partial charge is 0.490 e. The van der Waals surface area contributed by atoms with Crippen molar-refractivity contribution in [1.29, 1.82) is 0 Å². The Hall–Kier alpha value is -3.98. The van der Waals surface area contributed by atoms with Crippen LogP contribution in [0.25, 0.3) is 0 Å². The summed E-state index contributed by atoms with van der Waals surface area (Å²) in [5, 5.41) is 4.80. The van der Waals surface area contributed by atoms with Crippen molar-refractivity contribution in [3.63, 3.8) is 0 Å². The summed E-state index contributed by atoms with van der Waals surface area (Å²) in [5.41, 5.74) is 2.84. The number of hydrogen-bond acceptors (Lipinski definition) is 9. The number of carbonyl (C=O) groups is 2. The molecule has 1 aromatic heterocycles. The summed E-state index contributed by atoms with van der Waals surface area (Å²) in [5.74, 6) is -2.24. The molecule has 1 unspecified atom stereocenters. The van der Waals surface area contributed by atoms with Gasteiger partial charge in [-0.05, 0) is 85.6 Å². The Balaban J connectivity index is 1.33. The van der Waals surface area contributed by atoms with Crippen LogP contribution < -0.4 is 19.1 Å². The van der Waals surface area contributed by atoms with Crippen molar-refractivity contribution in [3.05, 3.63) is 81.8 Å². The maximum Gasteiger partial charge on any atom is 0.286 e. The molecule has 4 aliphatic rings. The Morgan fingerprint density at radius 2 is 2.04 bits per heavy atom. The zero-order valence-electron chi connectivity index (χ0n) is 30.3. The second kappa shape index (κ2) is 15.0. The van der Waals surface area contributed by atoms with E-state index in [0.29, 0.717) is 49.2 Å². The molecular weight excluding hydrogens is 725 g/mol. The molecule has 1 aliphatic carbocycles. The van der Waals surface area contributed by atoms with Gasteiger partial charge in [0.1, 0.15) is 33.2 Å². The Labute approximate surface area is 314 Å². The molecule has 53 heavy (non-hydrogen) atoms. The summed E-state index contributed by atoms with van der Waals surface area (Å²) in [4.78, 5) is 29.7. The number of fused-ring (bicyclic) bond motifs is 4. The Bertz CT molecular complexity index is 2070. The fourth-order valence-corrected chi connectivity index (χ4v) is 10.3. The molecule has 2 amide bonds. The van der Waals surface area contributed by atoms with Gasteiger partial charge in [0.15, 0.2) is 0 Å². The number of nitrogens with one attached hydrogen (secondary N) is 1. The molecule has 0 radical (unpaired) electrons. The minimum Gasteiger partial charge on any atom is -0.490 e. The number of amides is 2. The van der Waals surface area contributed by atoms with Gasteiger partial charge in [0.2, 0.25) is 5.88 Å². The number of carbonyl (C=O) groups excluding carboxylic acids is 2. The number of ether oxygens (including phenoxy) is 4. The van der Waals surface area contributed by atoms with E-state index in [-0.39, 0.29) is 35.1 Å². The van der Waals surface area contributed by atoms with Gasteiger partial charge in [-0.25, -0.2) is 8.60 Å². The minimum atomic E-state index is -3.76. The molecule has 3 aromatic rings. The zero-order valence-corrected chi connectivity index (χ0v) is 31.9. The van der Waals surface area contributed by atoms with Gasteiger partial charge in [-0.15, -0.1) is 9.46 Å². The molecule has 2 bridgehead atoms. The van der Waals surface area contributed by atoms with Crippen molar-refractivity contribution in [2.45, 2.75) is 56.7 Å². The first kappa shape index (κ1) is 37.3. The number of allylic oxidation sites excluding steroid dienone is 1. The maximum atomic E-state index is 16.1. The van der Waals surface area contributed by atoms with E-state index >= 15 is 4.39 Å². The molecule has 0 saturated carbocycles. The van der Waals surface area contributed by atoms with Crippen LogP contribution in [0.3, 0.4) is 0 Å². The Kier molecular flexibility index (Phi) is 10.6. The van der Waals surface area contributed by atoms with Gasteiger partial charge in [0.25, 0.3) is 11.8 Å². The molecule has 1 saturated heterocycles. The first-order chi connectivity index (χ1) is 25.4. The summed E-state index contributed by atoms with van der Waals surface area (Å²) in [7, 11) is 0.692. The highest BCUT2D eigenvalue weighted by Crippen LogP contribution is 2.45. The quantitative estimate of drug-likeness (QED) is 0.349. The first-order valence-corrected chi connectivity index (χ1v) is 20.0. The predicted octanol–water partition coefficient (Wildman–Crippen LogP) is 5.82. The van der Waals surface area contributed by atoms with Crippen LogP contribution in [0, 0.1) is 11.8 Å². The van der Waals surface area contributed by atoms with Gasteiger partial charge in [-0.1, -0.05) is 24.6 Å². The molecule has 284 valence electrons. The number of aromatic nitrogens is 2. The van der Waals surface area contributed by atoms with E-state index in [2.05, 4.69) is 25.1 Å². The number of halogens is 2.